The van der Waals surface area contributed by atoms with Crippen LogP contribution in [0.25, 0.3) is 0 Å². The lowest BCUT2D eigenvalue weighted by molar-refractivity contribution is 0.161. The molecule has 2 nitrogen and oxygen atoms in total. The molecule has 1 fully saturated rings. The summed E-state index contributed by atoms with van der Waals surface area (Å²) < 4.78 is 1.09. The topological polar surface area (TPSA) is 15.3 Å². The first kappa shape index (κ1) is 12.2. The minimum atomic E-state index is 0.708. The summed E-state index contributed by atoms with van der Waals surface area (Å²) in [5.74, 6) is 0.746. The van der Waals surface area contributed by atoms with Crippen LogP contribution in [-0.2, 0) is 0 Å². The Morgan fingerprint density at radius 3 is 2.86 bits per heavy atom. The Balaban J connectivity index is 2.34. The van der Waals surface area contributed by atoms with Crippen LogP contribution in [0.3, 0.4) is 0 Å². The summed E-state index contributed by atoms with van der Waals surface area (Å²) in [6, 6.07) is 0.708. The molecular weight excluding hydrogens is 240 g/mol. The summed E-state index contributed by atoms with van der Waals surface area (Å²) in [6.07, 6.45) is 1.26. The minimum Gasteiger partial charge on any atom is -0.314 e. The molecule has 0 radical (unpaired) electrons. The van der Waals surface area contributed by atoms with Crippen LogP contribution in [0.2, 0.25) is 0 Å². The van der Waals surface area contributed by atoms with Gasteiger partial charge in [-0.25, -0.2) is 0 Å². The summed E-state index contributed by atoms with van der Waals surface area (Å²) in [7, 11) is 0. The highest BCUT2D eigenvalue weighted by Crippen LogP contribution is 2.18. The number of piperidine rings is 1. The smallest absolute Gasteiger partial charge is 0.0294 e. The average Bonchev–Trinajstić information content (AvgIpc) is 2.09. The number of nitrogens with one attached hydrogen (secondary N) is 1. The van der Waals surface area contributed by atoms with Crippen LogP contribution < -0.4 is 5.32 Å². The second kappa shape index (κ2) is 5.89. The maximum absolute atomic E-state index is 3.89. The van der Waals surface area contributed by atoms with Gasteiger partial charge in [-0.1, -0.05) is 36.4 Å². The van der Waals surface area contributed by atoms with Gasteiger partial charge in [-0.2, -0.15) is 0 Å². The number of likely N-dealkylation sites (tertiary alicyclic amines) is 1. The van der Waals surface area contributed by atoms with E-state index < -0.39 is 0 Å². The Morgan fingerprint density at radius 1 is 1.64 bits per heavy atom. The first-order valence-electron chi connectivity index (χ1n) is 5.42. The third-order valence-corrected chi connectivity index (χ3v) is 3.10. The van der Waals surface area contributed by atoms with E-state index in [1.807, 2.05) is 0 Å². The number of hydrogen-bond donors (Lipinski definition) is 1. The third-order valence-electron chi connectivity index (χ3n) is 2.85. The normalized spacial score (nSPS) is 29.1. The fraction of sp³-hybridized carbons (Fsp3) is 0.818. The van der Waals surface area contributed by atoms with E-state index >= 15 is 0 Å². The van der Waals surface area contributed by atoms with E-state index in [0.29, 0.717) is 6.04 Å². The SMILES string of the molecule is C=C(Br)CN1CCC(NCC)C(C)C1. The molecular formula is C11H21BrN2. The van der Waals surface area contributed by atoms with Crippen molar-refractivity contribution in [3.8, 4) is 0 Å². The molecule has 0 amide bonds. The second-order valence-corrected chi connectivity index (χ2v) is 5.30. The minimum absolute atomic E-state index is 0.708. The average molecular weight is 261 g/mol. The molecule has 14 heavy (non-hydrogen) atoms. The molecule has 3 heteroatoms. The maximum Gasteiger partial charge on any atom is 0.0294 e. The van der Waals surface area contributed by atoms with Crippen molar-refractivity contribution in [2.45, 2.75) is 26.3 Å². The van der Waals surface area contributed by atoms with Crippen LogP contribution in [0.1, 0.15) is 20.3 Å². The van der Waals surface area contributed by atoms with E-state index in [2.05, 4.69) is 46.6 Å². The van der Waals surface area contributed by atoms with Gasteiger partial charge in [0.05, 0.1) is 0 Å². The van der Waals surface area contributed by atoms with Crippen LogP contribution in [0.5, 0.6) is 0 Å². The second-order valence-electron chi connectivity index (χ2n) is 4.18. The number of rotatable bonds is 4. The Hall–Kier alpha value is 0.140. The van der Waals surface area contributed by atoms with Gasteiger partial charge in [-0.3, -0.25) is 4.90 Å². The molecule has 1 rings (SSSR count). The maximum atomic E-state index is 3.89. The molecule has 0 aromatic rings. The van der Waals surface area contributed by atoms with Crippen LogP contribution in [0.4, 0.5) is 0 Å². The highest BCUT2D eigenvalue weighted by Gasteiger charge is 2.24. The van der Waals surface area contributed by atoms with Crippen LogP contribution in [0.15, 0.2) is 11.1 Å². The molecule has 1 heterocycles. The predicted molar refractivity (Wildman–Crippen MR) is 65.8 cm³/mol. The van der Waals surface area contributed by atoms with Crippen molar-refractivity contribution < 1.29 is 0 Å². The molecule has 82 valence electrons. The molecule has 0 spiro atoms. The van der Waals surface area contributed by atoms with Crippen molar-refractivity contribution in [3.05, 3.63) is 11.1 Å². The molecule has 1 aliphatic rings. The molecule has 1 saturated heterocycles. The summed E-state index contributed by atoms with van der Waals surface area (Å²) in [4.78, 5) is 2.47. The quantitative estimate of drug-likeness (QED) is 0.834. The van der Waals surface area contributed by atoms with E-state index in [-0.39, 0.29) is 0 Å². The van der Waals surface area contributed by atoms with Gasteiger partial charge in [-0.05, 0) is 18.9 Å². The van der Waals surface area contributed by atoms with E-state index in [0.717, 1.165) is 23.5 Å². The summed E-state index contributed by atoms with van der Waals surface area (Å²) in [6.45, 7) is 12.8. The number of nitrogens with zero attached hydrogens (tertiary/aromatic N) is 1. The zero-order valence-electron chi connectivity index (χ0n) is 9.22. The predicted octanol–water partition coefficient (Wildman–Crippen LogP) is 2.21. The lowest BCUT2D eigenvalue weighted by Crippen LogP contribution is -2.48. The molecule has 2 atom stereocenters. The zero-order valence-corrected chi connectivity index (χ0v) is 10.8. The van der Waals surface area contributed by atoms with Gasteiger partial charge >= 0.3 is 0 Å². The van der Waals surface area contributed by atoms with Crippen LogP contribution in [0, 0.1) is 5.92 Å². The number of halogens is 1. The highest BCUT2D eigenvalue weighted by atomic mass is 79.9. The van der Waals surface area contributed by atoms with Crippen molar-refractivity contribution in [1.82, 2.24) is 10.2 Å². The fourth-order valence-electron chi connectivity index (χ4n) is 2.18. The Morgan fingerprint density at radius 2 is 2.36 bits per heavy atom. The molecule has 0 aromatic carbocycles. The van der Waals surface area contributed by atoms with Gasteiger partial charge < -0.3 is 5.32 Å². The molecule has 0 bridgehead atoms. The summed E-state index contributed by atoms with van der Waals surface area (Å²) in [5.41, 5.74) is 0. The van der Waals surface area contributed by atoms with Gasteiger partial charge in [-0.15, -0.1) is 0 Å². The zero-order chi connectivity index (χ0) is 10.6. The fourth-order valence-corrected chi connectivity index (χ4v) is 2.54. The van der Waals surface area contributed by atoms with E-state index in [4.69, 9.17) is 0 Å². The lowest BCUT2D eigenvalue weighted by Gasteiger charge is -2.37. The van der Waals surface area contributed by atoms with Crippen molar-refractivity contribution in [3.63, 3.8) is 0 Å². The van der Waals surface area contributed by atoms with Crippen molar-refractivity contribution in [2.24, 2.45) is 5.92 Å². The monoisotopic (exact) mass is 260 g/mol. The summed E-state index contributed by atoms with van der Waals surface area (Å²) in [5, 5.41) is 3.55. The Kier molecular flexibility index (Phi) is 5.13. The first-order chi connectivity index (χ1) is 6.63. The molecule has 0 saturated carbocycles. The van der Waals surface area contributed by atoms with Gasteiger partial charge in [0, 0.05) is 30.2 Å². The van der Waals surface area contributed by atoms with E-state index in [1.165, 1.54) is 19.5 Å². The van der Waals surface area contributed by atoms with Crippen molar-refractivity contribution >= 4 is 15.9 Å². The summed E-state index contributed by atoms with van der Waals surface area (Å²) >= 11 is 3.42. The Labute approximate surface area is 95.9 Å². The standard InChI is InChI=1S/C11H21BrN2/c1-4-13-11-5-6-14(7-9(11)2)8-10(3)12/h9,11,13H,3-8H2,1-2H3. The van der Waals surface area contributed by atoms with Gasteiger partial charge in [0.2, 0.25) is 0 Å². The number of hydrogen-bond acceptors (Lipinski definition) is 2. The van der Waals surface area contributed by atoms with Crippen LogP contribution in [-0.4, -0.2) is 37.1 Å². The highest BCUT2D eigenvalue weighted by molar-refractivity contribution is 9.11. The van der Waals surface area contributed by atoms with E-state index in [9.17, 15) is 0 Å². The van der Waals surface area contributed by atoms with Gasteiger partial charge in [0.1, 0.15) is 0 Å². The molecule has 1 aliphatic heterocycles. The largest absolute Gasteiger partial charge is 0.314 e. The first-order valence-corrected chi connectivity index (χ1v) is 6.21. The van der Waals surface area contributed by atoms with Crippen molar-refractivity contribution in [2.75, 3.05) is 26.2 Å². The molecule has 0 aromatic heterocycles. The lowest BCUT2D eigenvalue weighted by atomic mass is 9.94. The van der Waals surface area contributed by atoms with E-state index in [1.54, 1.807) is 0 Å². The molecule has 0 aliphatic carbocycles. The Bertz CT molecular complexity index is 194. The molecule has 1 N–H and O–H groups in total. The molecule has 2 unspecified atom stereocenters. The van der Waals surface area contributed by atoms with Crippen LogP contribution >= 0.6 is 15.9 Å². The van der Waals surface area contributed by atoms with Crippen molar-refractivity contribution in [1.29, 1.82) is 0 Å². The third kappa shape index (κ3) is 3.71. The van der Waals surface area contributed by atoms with Gasteiger partial charge in [0.25, 0.3) is 0 Å². The van der Waals surface area contributed by atoms with Gasteiger partial charge in [0.15, 0.2) is 0 Å².